The fourth-order valence-electron chi connectivity index (χ4n) is 3.59. The number of benzene rings is 1. The molecular weight excluding hydrogens is 355 g/mol. The van der Waals surface area contributed by atoms with Gasteiger partial charge in [-0.2, -0.15) is 5.10 Å². The van der Waals surface area contributed by atoms with Crippen molar-refractivity contribution >= 4 is 22.3 Å². The summed E-state index contributed by atoms with van der Waals surface area (Å²) in [4.78, 5) is 16.6. The maximum absolute atomic E-state index is 15.1. The Labute approximate surface area is 162 Å². The Kier molecular flexibility index (Phi) is 4.10. The first kappa shape index (κ1) is 18.3. The second kappa shape index (κ2) is 6.26. The number of carbonyl (C=O) groups excluding carboxylic acids is 1. The number of aryl methyl sites for hydroxylation is 1. The largest absolute Gasteiger partial charge is 0.346 e. The van der Waals surface area contributed by atoms with E-state index >= 15 is 4.39 Å². The predicted molar refractivity (Wildman–Crippen MR) is 108 cm³/mol. The van der Waals surface area contributed by atoms with Gasteiger partial charge in [-0.25, -0.2) is 13.9 Å². The zero-order valence-corrected chi connectivity index (χ0v) is 16.7. The molecule has 0 spiro atoms. The van der Waals surface area contributed by atoms with Crippen LogP contribution in [0, 0.1) is 18.2 Å². The molecule has 144 valence electrons. The first-order valence-electron chi connectivity index (χ1n) is 9.28. The highest BCUT2D eigenvalue weighted by molar-refractivity contribution is 6.08. The summed E-state index contributed by atoms with van der Waals surface area (Å²) in [7, 11) is 0. The van der Waals surface area contributed by atoms with Crippen LogP contribution in [0.25, 0.3) is 27.7 Å². The lowest BCUT2D eigenvalue weighted by Gasteiger charge is -2.20. The third-order valence-corrected chi connectivity index (χ3v) is 4.74. The van der Waals surface area contributed by atoms with E-state index in [-0.39, 0.29) is 17.0 Å². The van der Waals surface area contributed by atoms with E-state index in [1.54, 1.807) is 29.9 Å². The van der Waals surface area contributed by atoms with Crippen molar-refractivity contribution in [2.45, 2.75) is 41.2 Å². The van der Waals surface area contributed by atoms with E-state index in [0.717, 1.165) is 16.6 Å². The molecule has 0 unspecified atom stereocenters. The van der Waals surface area contributed by atoms with Crippen LogP contribution in [0.5, 0.6) is 0 Å². The van der Waals surface area contributed by atoms with Crippen LogP contribution >= 0.6 is 0 Å². The van der Waals surface area contributed by atoms with E-state index < -0.39 is 0 Å². The molecule has 0 saturated carbocycles. The van der Waals surface area contributed by atoms with Crippen LogP contribution < -0.4 is 0 Å². The molecule has 4 aromatic rings. The molecule has 28 heavy (non-hydrogen) atoms. The molecular formula is C22H23FN4O. The lowest BCUT2D eigenvalue weighted by molar-refractivity contribution is 0.101. The lowest BCUT2D eigenvalue weighted by atomic mass is 9.97. The van der Waals surface area contributed by atoms with E-state index in [4.69, 9.17) is 0 Å². The fourth-order valence-corrected chi connectivity index (χ4v) is 3.59. The summed E-state index contributed by atoms with van der Waals surface area (Å²) in [6.07, 6.45) is 5.24. The molecule has 6 heteroatoms. The number of fused-ring (bicyclic) bond motifs is 2. The van der Waals surface area contributed by atoms with Crippen LogP contribution in [0.3, 0.4) is 0 Å². The van der Waals surface area contributed by atoms with Gasteiger partial charge in [-0.1, -0.05) is 20.8 Å². The molecule has 0 aliphatic carbocycles. The molecule has 0 radical (unpaired) electrons. The van der Waals surface area contributed by atoms with E-state index in [1.807, 2.05) is 23.8 Å². The highest BCUT2D eigenvalue weighted by atomic mass is 19.1. The van der Waals surface area contributed by atoms with Crippen molar-refractivity contribution in [1.29, 1.82) is 0 Å². The molecule has 0 amide bonds. The van der Waals surface area contributed by atoms with Gasteiger partial charge in [-0.05, 0) is 31.4 Å². The smallest absolute Gasteiger partial charge is 0.161 e. The number of ketones is 1. The third-order valence-electron chi connectivity index (χ3n) is 4.74. The van der Waals surface area contributed by atoms with Crippen molar-refractivity contribution in [3.8, 4) is 11.1 Å². The standard InChI is InChI=1S/C22H23FN4O/c1-13-6-21-24-9-15(10-27(21)25-13)16-7-17-18(14(2)28)11-26(12-22(3,4)5)20(17)8-19(16)23/h6-11H,12H2,1-5H3. The average Bonchev–Trinajstić information content (AvgIpc) is 3.11. The van der Waals surface area contributed by atoms with E-state index in [0.29, 0.717) is 28.9 Å². The summed E-state index contributed by atoms with van der Waals surface area (Å²) in [5.74, 6) is -0.382. The molecule has 0 saturated heterocycles. The predicted octanol–water partition coefficient (Wildman–Crippen LogP) is 5.05. The monoisotopic (exact) mass is 378 g/mol. The van der Waals surface area contributed by atoms with Gasteiger partial charge >= 0.3 is 0 Å². The molecule has 4 rings (SSSR count). The summed E-state index contributed by atoms with van der Waals surface area (Å²) in [6, 6.07) is 5.13. The van der Waals surface area contributed by atoms with Crippen molar-refractivity contribution in [1.82, 2.24) is 19.2 Å². The highest BCUT2D eigenvalue weighted by Crippen LogP contribution is 2.32. The van der Waals surface area contributed by atoms with E-state index in [2.05, 4.69) is 30.9 Å². The molecule has 3 heterocycles. The van der Waals surface area contributed by atoms with Gasteiger partial charge in [0.1, 0.15) is 5.82 Å². The Morgan fingerprint density at radius 1 is 1.18 bits per heavy atom. The Hall–Kier alpha value is -3.02. The number of halogens is 1. The minimum Gasteiger partial charge on any atom is -0.346 e. The Balaban J connectivity index is 1.93. The molecule has 0 N–H and O–H groups in total. The van der Waals surface area contributed by atoms with Gasteiger partial charge in [0.05, 0.1) is 11.2 Å². The Morgan fingerprint density at radius 3 is 2.61 bits per heavy atom. The van der Waals surface area contributed by atoms with E-state index in [9.17, 15) is 4.79 Å². The van der Waals surface area contributed by atoms with Gasteiger partial charge < -0.3 is 4.57 Å². The van der Waals surface area contributed by atoms with Crippen LogP contribution in [0.4, 0.5) is 4.39 Å². The molecule has 0 fully saturated rings. The first-order chi connectivity index (χ1) is 13.1. The molecule has 0 aliphatic rings. The van der Waals surface area contributed by atoms with Crippen LogP contribution in [-0.4, -0.2) is 24.9 Å². The Morgan fingerprint density at radius 2 is 1.93 bits per heavy atom. The van der Waals surface area contributed by atoms with Crippen LogP contribution in [0.1, 0.15) is 43.7 Å². The zero-order chi connectivity index (χ0) is 20.2. The fraction of sp³-hybridized carbons (Fsp3) is 0.318. The minimum absolute atomic E-state index is 0.00205. The SMILES string of the molecule is CC(=O)c1cn(CC(C)(C)C)c2cc(F)c(-c3cnc4cc(C)nn4c3)cc12. The first-order valence-corrected chi connectivity index (χ1v) is 9.28. The summed E-state index contributed by atoms with van der Waals surface area (Å²) in [5.41, 5.74) is 3.92. The van der Waals surface area contributed by atoms with Gasteiger partial charge in [0.15, 0.2) is 11.4 Å². The van der Waals surface area contributed by atoms with Crippen molar-refractivity contribution < 1.29 is 9.18 Å². The normalized spacial score (nSPS) is 12.2. The maximum Gasteiger partial charge on any atom is 0.161 e. The average molecular weight is 378 g/mol. The van der Waals surface area contributed by atoms with Crippen molar-refractivity contribution in [2.24, 2.45) is 5.41 Å². The number of Topliss-reactive ketones (excluding diaryl/α,β-unsaturated/α-hetero) is 1. The summed E-state index contributed by atoms with van der Waals surface area (Å²) in [6.45, 7) is 10.5. The summed E-state index contributed by atoms with van der Waals surface area (Å²) in [5, 5.41) is 5.11. The third kappa shape index (κ3) is 3.19. The number of hydrogen-bond donors (Lipinski definition) is 0. The number of carbonyl (C=O) groups is 1. The molecule has 5 nitrogen and oxygen atoms in total. The summed E-state index contributed by atoms with van der Waals surface area (Å²) >= 11 is 0. The zero-order valence-electron chi connectivity index (χ0n) is 16.7. The molecule has 3 aromatic heterocycles. The van der Waals surface area contributed by atoms with Gasteiger partial charge in [-0.3, -0.25) is 4.79 Å². The van der Waals surface area contributed by atoms with Crippen LogP contribution in [-0.2, 0) is 6.54 Å². The molecule has 1 aromatic carbocycles. The van der Waals surface area contributed by atoms with E-state index in [1.165, 1.54) is 6.07 Å². The highest BCUT2D eigenvalue weighted by Gasteiger charge is 2.20. The second-order valence-corrected chi connectivity index (χ2v) is 8.57. The Bertz CT molecular complexity index is 1230. The lowest BCUT2D eigenvalue weighted by Crippen LogP contribution is -2.14. The number of aromatic nitrogens is 4. The van der Waals surface area contributed by atoms with Crippen molar-refractivity contribution in [3.05, 3.63) is 53.9 Å². The number of hydrogen-bond acceptors (Lipinski definition) is 3. The summed E-state index contributed by atoms with van der Waals surface area (Å²) < 4.78 is 18.7. The van der Waals surface area contributed by atoms with Gasteiger partial charge in [-0.15, -0.1) is 0 Å². The van der Waals surface area contributed by atoms with Crippen molar-refractivity contribution in [2.75, 3.05) is 0 Å². The molecule has 0 bridgehead atoms. The molecule has 0 atom stereocenters. The second-order valence-electron chi connectivity index (χ2n) is 8.57. The van der Waals surface area contributed by atoms with Gasteiger partial charge in [0.25, 0.3) is 0 Å². The number of nitrogens with zero attached hydrogens (tertiary/aromatic N) is 4. The van der Waals surface area contributed by atoms with Crippen molar-refractivity contribution in [3.63, 3.8) is 0 Å². The minimum atomic E-state index is -0.346. The maximum atomic E-state index is 15.1. The van der Waals surface area contributed by atoms with Gasteiger partial charge in [0, 0.05) is 53.3 Å². The quantitative estimate of drug-likeness (QED) is 0.469. The number of rotatable bonds is 3. The van der Waals surface area contributed by atoms with Gasteiger partial charge in [0.2, 0.25) is 0 Å². The van der Waals surface area contributed by atoms with Crippen LogP contribution in [0.15, 0.2) is 36.8 Å². The molecule has 0 aliphatic heterocycles. The van der Waals surface area contributed by atoms with Crippen LogP contribution in [0.2, 0.25) is 0 Å². The topological polar surface area (TPSA) is 52.2 Å².